The fourth-order valence-corrected chi connectivity index (χ4v) is 3.53. The van der Waals surface area contributed by atoms with Gasteiger partial charge in [0.25, 0.3) is 10.0 Å². The number of halogens is 1. The van der Waals surface area contributed by atoms with Crippen molar-refractivity contribution in [2.24, 2.45) is 0 Å². The highest BCUT2D eigenvalue weighted by atomic mass is 35.5. The average molecular weight is 294 g/mol. The molecule has 1 aliphatic rings. The lowest BCUT2D eigenvalue weighted by molar-refractivity contribution is 0.0978. The van der Waals surface area contributed by atoms with Gasteiger partial charge >= 0.3 is 0 Å². The van der Waals surface area contributed by atoms with Crippen LogP contribution in [-0.4, -0.2) is 49.2 Å². The van der Waals surface area contributed by atoms with E-state index >= 15 is 0 Å². The Morgan fingerprint density at radius 2 is 2.44 bits per heavy atom. The van der Waals surface area contributed by atoms with Crippen LogP contribution >= 0.6 is 11.6 Å². The third-order valence-corrected chi connectivity index (χ3v) is 5.10. The van der Waals surface area contributed by atoms with E-state index in [9.17, 15) is 8.42 Å². The molecule has 2 rings (SSSR count). The highest BCUT2D eigenvalue weighted by Gasteiger charge is 2.28. The highest BCUT2D eigenvalue weighted by molar-refractivity contribution is 7.89. The lowest BCUT2D eigenvalue weighted by atomic mass is 10.2. The molecule has 0 radical (unpaired) electrons. The summed E-state index contributed by atoms with van der Waals surface area (Å²) in [4.78, 5) is 0. The number of alkyl halides is 1. The molecular formula is C10H16ClN3O3S. The van der Waals surface area contributed by atoms with Gasteiger partial charge in [0.15, 0.2) is 5.03 Å². The summed E-state index contributed by atoms with van der Waals surface area (Å²) in [6.45, 7) is 1.05. The number of aromatic amines is 1. The Morgan fingerprint density at radius 3 is 3.06 bits per heavy atom. The molecule has 1 saturated heterocycles. The lowest BCUT2D eigenvalue weighted by Gasteiger charge is -2.20. The van der Waals surface area contributed by atoms with Gasteiger partial charge in [-0.2, -0.15) is 9.40 Å². The van der Waals surface area contributed by atoms with Gasteiger partial charge in [-0.25, -0.2) is 8.42 Å². The number of likely N-dealkylation sites (N-methyl/N-ethyl adjacent to an activating group) is 1. The molecule has 1 atom stereocenters. The smallest absolute Gasteiger partial charge is 0.260 e. The Bertz CT molecular complexity index is 496. The molecule has 1 aromatic heterocycles. The number of rotatable bonds is 5. The van der Waals surface area contributed by atoms with Gasteiger partial charge in [0.1, 0.15) is 0 Å². The zero-order chi connectivity index (χ0) is 13.2. The van der Waals surface area contributed by atoms with Crippen molar-refractivity contribution in [1.29, 1.82) is 0 Å². The van der Waals surface area contributed by atoms with Gasteiger partial charge in [0, 0.05) is 25.8 Å². The SMILES string of the molecule is CN(CC1CCCO1)S(=O)(=O)c1[nH]ncc1CCl. The van der Waals surface area contributed by atoms with Gasteiger partial charge in [0.05, 0.1) is 18.2 Å². The molecule has 102 valence electrons. The number of nitrogens with one attached hydrogen (secondary N) is 1. The largest absolute Gasteiger partial charge is 0.377 e. The minimum Gasteiger partial charge on any atom is -0.377 e. The summed E-state index contributed by atoms with van der Waals surface area (Å²) in [7, 11) is -2.04. The van der Waals surface area contributed by atoms with Gasteiger partial charge in [-0.3, -0.25) is 5.10 Å². The van der Waals surface area contributed by atoms with Gasteiger partial charge in [-0.05, 0) is 12.8 Å². The Hall–Kier alpha value is -0.630. The third kappa shape index (κ3) is 2.69. The molecular weight excluding hydrogens is 278 g/mol. The van der Waals surface area contributed by atoms with Crippen LogP contribution in [0.4, 0.5) is 0 Å². The maximum Gasteiger partial charge on any atom is 0.260 e. The van der Waals surface area contributed by atoms with E-state index in [-0.39, 0.29) is 17.0 Å². The first-order valence-corrected chi connectivity index (χ1v) is 7.69. The minimum atomic E-state index is -3.58. The zero-order valence-corrected chi connectivity index (χ0v) is 11.7. The summed E-state index contributed by atoms with van der Waals surface area (Å²) in [5.74, 6) is 0.110. The Labute approximate surface area is 111 Å². The number of hydrogen-bond donors (Lipinski definition) is 1. The molecule has 0 amide bonds. The van der Waals surface area contributed by atoms with E-state index in [1.54, 1.807) is 0 Å². The quantitative estimate of drug-likeness (QED) is 0.820. The summed E-state index contributed by atoms with van der Waals surface area (Å²) in [5, 5.41) is 6.29. The van der Waals surface area contributed by atoms with E-state index in [0.29, 0.717) is 18.7 Å². The normalized spacial score (nSPS) is 20.7. The van der Waals surface area contributed by atoms with Crippen molar-refractivity contribution in [2.75, 3.05) is 20.2 Å². The van der Waals surface area contributed by atoms with Crippen LogP contribution in [0.2, 0.25) is 0 Å². The molecule has 0 aliphatic carbocycles. The second-order valence-electron chi connectivity index (χ2n) is 4.28. The summed E-state index contributed by atoms with van der Waals surface area (Å²) in [6.07, 6.45) is 3.28. The maximum atomic E-state index is 12.3. The first-order valence-electron chi connectivity index (χ1n) is 5.72. The molecule has 0 bridgehead atoms. The second kappa shape index (κ2) is 5.56. The van der Waals surface area contributed by atoms with Crippen molar-refractivity contribution in [3.8, 4) is 0 Å². The summed E-state index contributed by atoms with van der Waals surface area (Å²) in [5.41, 5.74) is 0.482. The molecule has 6 nitrogen and oxygen atoms in total. The summed E-state index contributed by atoms with van der Waals surface area (Å²) >= 11 is 5.69. The molecule has 2 heterocycles. The number of nitrogens with zero attached hydrogens (tertiary/aromatic N) is 2. The van der Waals surface area contributed by atoms with E-state index in [1.807, 2.05) is 0 Å². The minimum absolute atomic E-state index is 0.0212. The van der Waals surface area contributed by atoms with Crippen LogP contribution in [0.1, 0.15) is 18.4 Å². The van der Waals surface area contributed by atoms with Crippen molar-refractivity contribution in [3.05, 3.63) is 11.8 Å². The predicted molar refractivity (Wildman–Crippen MR) is 66.9 cm³/mol. The molecule has 8 heteroatoms. The maximum absolute atomic E-state index is 12.3. The van der Waals surface area contributed by atoms with Crippen LogP contribution in [0.5, 0.6) is 0 Å². The molecule has 1 fully saturated rings. The topological polar surface area (TPSA) is 75.3 Å². The fraction of sp³-hybridized carbons (Fsp3) is 0.700. The van der Waals surface area contributed by atoms with Gasteiger partial charge in [-0.1, -0.05) is 0 Å². The number of aromatic nitrogens is 2. The van der Waals surface area contributed by atoms with Crippen LogP contribution < -0.4 is 0 Å². The highest BCUT2D eigenvalue weighted by Crippen LogP contribution is 2.20. The average Bonchev–Trinajstić information content (AvgIpc) is 2.98. The zero-order valence-electron chi connectivity index (χ0n) is 10.1. The molecule has 1 N–H and O–H groups in total. The van der Waals surface area contributed by atoms with Crippen LogP contribution in [0.25, 0.3) is 0 Å². The van der Waals surface area contributed by atoms with E-state index in [0.717, 1.165) is 12.8 Å². The van der Waals surface area contributed by atoms with Crippen LogP contribution in [0, 0.1) is 0 Å². The van der Waals surface area contributed by atoms with Crippen molar-refractivity contribution in [3.63, 3.8) is 0 Å². The van der Waals surface area contributed by atoms with Crippen LogP contribution in [-0.2, 0) is 20.6 Å². The van der Waals surface area contributed by atoms with E-state index < -0.39 is 10.0 Å². The Kier molecular flexibility index (Phi) is 4.26. The van der Waals surface area contributed by atoms with E-state index in [2.05, 4.69) is 10.2 Å². The van der Waals surface area contributed by atoms with Gasteiger partial charge < -0.3 is 4.74 Å². The standard InChI is InChI=1S/C10H16ClN3O3S/c1-14(7-9-3-2-4-17-9)18(15,16)10-8(5-11)6-12-13-10/h6,9H,2-5,7H2,1H3,(H,12,13). The monoisotopic (exact) mass is 293 g/mol. The third-order valence-electron chi connectivity index (χ3n) is 2.98. The first-order chi connectivity index (χ1) is 8.55. The molecule has 1 unspecified atom stereocenters. The second-order valence-corrected chi connectivity index (χ2v) is 6.53. The molecule has 1 aliphatic heterocycles. The summed E-state index contributed by atoms with van der Waals surface area (Å²) in [6, 6.07) is 0. The summed E-state index contributed by atoms with van der Waals surface area (Å²) < 4.78 is 31.3. The van der Waals surface area contributed by atoms with Crippen molar-refractivity contribution < 1.29 is 13.2 Å². The molecule has 0 saturated carbocycles. The van der Waals surface area contributed by atoms with Crippen molar-refractivity contribution >= 4 is 21.6 Å². The van der Waals surface area contributed by atoms with Gasteiger partial charge in [-0.15, -0.1) is 11.6 Å². The Balaban J connectivity index is 2.14. The van der Waals surface area contributed by atoms with E-state index in [1.165, 1.54) is 17.5 Å². The fourth-order valence-electron chi connectivity index (χ4n) is 1.95. The van der Waals surface area contributed by atoms with Crippen LogP contribution in [0.15, 0.2) is 11.2 Å². The number of H-pyrrole nitrogens is 1. The molecule has 1 aromatic rings. The lowest BCUT2D eigenvalue weighted by Crippen LogP contribution is -2.34. The van der Waals surface area contributed by atoms with Gasteiger partial charge in [0.2, 0.25) is 0 Å². The number of hydrogen-bond acceptors (Lipinski definition) is 4. The first kappa shape index (κ1) is 13.8. The van der Waals surface area contributed by atoms with Crippen LogP contribution in [0.3, 0.4) is 0 Å². The molecule has 18 heavy (non-hydrogen) atoms. The predicted octanol–water partition coefficient (Wildman–Crippen LogP) is 0.948. The molecule has 0 spiro atoms. The van der Waals surface area contributed by atoms with Crippen molar-refractivity contribution in [2.45, 2.75) is 29.9 Å². The number of sulfonamides is 1. The Morgan fingerprint density at radius 1 is 1.67 bits per heavy atom. The van der Waals surface area contributed by atoms with Crippen molar-refractivity contribution in [1.82, 2.24) is 14.5 Å². The number of ether oxygens (including phenoxy) is 1. The van der Waals surface area contributed by atoms with E-state index in [4.69, 9.17) is 16.3 Å². The molecule has 0 aromatic carbocycles.